The number of aromatic amines is 1. The van der Waals surface area contributed by atoms with Gasteiger partial charge in [-0.3, -0.25) is 4.98 Å². The summed E-state index contributed by atoms with van der Waals surface area (Å²) in [7, 11) is 0. The van der Waals surface area contributed by atoms with E-state index in [1.807, 2.05) is 12.1 Å². The Bertz CT molecular complexity index is 512. The number of rotatable bonds is 2. The monoisotopic (exact) mass is 255 g/mol. The average molecular weight is 256 g/mol. The molecule has 1 aromatic carbocycles. The van der Waals surface area contributed by atoms with E-state index in [-0.39, 0.29) is 0 Å². The number of aryl methyl sites for hydroxylation is 1. The first kappa shape index (κ1) is 9.52. The van der Waals surface area contributed by atoms with Gasteiger partial charge in [0, 0.05) is 0 Å². The van der Waals surface area contributed by atoms with Crippen LogP contribution in [-0.2, 0) is 6.42 Å². The van der Waals surface area contributed by atoms with Gasteiger partial charge in [-0.15, -0.1) is 0 Å². The number of fused-ring (bicyclic) bond motifs is 1. The minimum Gasteiger partial charge on any atom is -0.407 e. The van der Waals surface area contributed by atoms with Crippen LogP contribution < -0.4 is 5.76 Å². The third kappa shape index (κ3) is 1.62. The molecule has 0 saturated carbocycles. The molecule has 0 radical (unpaired) electrons. The second kappa shape index (κ2) is 3.61. The van der Waals surface area contributed by atoms with E-state index < -0.39 is 5.76 Å². The van der Waals surface area contributed by atoms with Crippen molar-refractivity contribution in [2.45, 2.75) is 19.8 Å². The fourth-order valence-corrected chi connectivity index (χ4v) is 2.10. The number of hydrogen-bond donors (Lipinski definition) is 1. The molecule has 4 heteroatoms. The highest BCUT2D eigenvalue weighted by atomic mass is 79.9. The smallest absolute Gasteiger partial charge is 0.407 e. The number of nitrogens with one attached hydrogen (secondary N) is 1. The van der Waals surface area contributed by atoms with Crippen molar-refractivity contribution in [2.24, 2.45) is 0 Å². The molecule has 2 rings (SSSR count). The molecule has 74 valence electrons. The summed E-state index contributed by atoms with van der Waals surface area (Å²) in [4.78, 5) is 13.6. The molecule has 0 spiro atoms. The number of H-pyrrole nitrogens is 1. The molecule has 1 aromatic heterocycles. The van der Waals surface area contributed by atoms with Gasteiger partial charge in [0.2, 0.25) is 0 Å². The van der Waals surface area contributed by atoms with Gasteiger partial charge in [-0.1, -0.05) is 13.3 Å². The van der Waals surface area contributed by atoms with Gasteiger partial charge in [-0.05, 0) is 40.0 Å². The number of aromatic nitrogens is 1. The molecule has 0 aliphatic carbocycles. The van der Waals surface area contributed by atoms with E-state index in [2.05, 4.69) is 27.8 Å². The zero-order valence-electron chi connectivity index (χ0n) is 7.76. The van der Waals surface area contributed by atoms with E-state index in [4.69, 9.17) is 4.42 Å². The number of halogens is 1. The molecular formula is C10H10BrNO2. The summed E-state index contributed by atoms with van der Waals surface area (Å²) in [6.45, 7) is 2.12. The normalized spacial score (nSPS) is 11.0. The SMILES string of the molecule is CCCc1cc(Br)c2oc(=O)[nH]c2c1. The van der Waals surface area contributed by atoms with Crippen molar-refractivity contribution in [2.75, 3.05) is 0 Å². The molecule has 0 aliphatic heterocycles. The van der Waals surface area contributed by atoms with Crippen LogP contribution in [0.15, 0.2) is 25.8 Å². The Morgan fingerprint density at radius 3 is 3.00 bits per heavy atom. The van der Waals surface area contributed by atoms with Gasteiger partial charge in [-0.2, -0.15) is 0 Å². The second-order valence-corrected chi connectivity index (χ2v) is 4.07. The third-order valence-corrected chi connectivity index (χ3v) is 2.66. The second-order valence-electron chi connectivity index (χ2n) is 3.22. The maximum absolute atomic E-state index is 11.0. The summed E-state index contributed by atoms with van der Waals surface area (Å²) in [5, 5.41) is 0. The van der Waals surface area contributed by atoms with Crippen molar-refractivity contribution in [1.29, 1.82) is 0 Å². The summed E-state index contributed by atoms with van der Waals surface area (Å²) in [6, 6.07) is 3.94. The minimum absolute atomic E-state index is 0.408. The highest BCUT2D eigenvalue weighted by molar-refractivity contribution is 9.10. The zero-order valence-corrected chi connectivity index (χ0v) is 9.35. The van der Waals surface area contributed by atoms with E-state index in [0.717, 1.165) is 22.8 Å². The van der Waals surface area contributed by atoms with Crippen LogP contribution in [0.4, 0.5) is 0 Å². The van der Waals surface area contributed by atoms with Crippen LogP contribution in [0.2, 0.25) is 0 Å². The quantitative estimate of drug-likeness (QED) is 0.897. The molecule has 0 saturated heterocycles. The average Bonchev–Trinajstić information content (AvgIpc) is 2.47. The maximum Gasteiger partial charge on any atom is 0.417 e. The molecule has 0 aliphatic rings. The molecule has 0 atom stereocenters. The van der Waals surface area contributed by atoms with E-state index in [9.17, 15) is 4.79 Å². The lowest BCUT2D eigenvalue weighted by Crippen LogP contribution is -1.93. The van der Waals surface area contributed by atoms with Crippen LogP contribution in [0.25, 0.3) is 11.1 Å². The fourth-order valence-electron chi connectivity index (χ4n) is 1.51. The Morgan fingerprint density at radius 2 is 2.29 bits per heavy atom. The first-order chi connectivity index (χ1) is 6.70. The van der Waals surface area contributed by atoms with E-state index in [1.165, 1.54) is 5.56 Å². The molecule has 1 N–H and O–H groups in total. The van der Waals surface area contributed by atoms with Crippen molar-refractivity contribution in [3.63, 3.8) is 0 Å². The Labute approximate surface area is 89.3 Å². The first-order valence-corrected chi connectivity index (χ1v) is 5.31. The zero-order chi connectivity index (χ0) is 10.1. The topological polar surface area (TPSA) is 46.0 Å². The van der Waals surface area contributed by atoms with Crippen LogP contribution in [-0.4, -0.2) is 4.98 Å². The van der Waals surface area contributed by atoms with Crippen molar-refractivity contribution >= 4 is 27.0 Å². The fraction of sp³-hybridized carbons (Fsp3) is 0.300. The molecule has 2 aromatic rings. The molecule has 3 nitrogen and oxygen atoms in total. The molecule has 0 unspecified atom stereocenters. The minimum atomic E-state index is -0.408. The van der Waals surface area contributed by atoms with Gasteiger partial charge < -0.3 is 4.42 Å². The summed E-state index contributed by atoms with van der Waals surface area (Å²) in [6.07, 6.45) is 2.09. The van der Waals surface area contributed by atoms with Crippen LogP contribution in [0, 0.1) is 0 Å². The number of hydrogen-bond acceptors (Lipinski definition) is 2. The standard InChI is InChI=1S/C10H10BrNO2/c1-2-3-6-4-7(11)9-8(5-6)12-10(13)14-9/h4-5H,2-3H2,1H3,(H,12,13). The summed E-state index contributed by atoms with van der Waals surface area (Å²) in [5.74, 6) is -0.408. The molecule has 0 fully saturated rings. The summed E-state index contributed by atoms with van der Waals surface area (Å²) < 4.78 is 5.80. The lowest BCUT2D eigenvalue weighted by atomic mass is 10.1. The van der Waals surface area contributed by atoms with Crippen LogP contribution in [0.3, 0.4) is 0 Å². The Balaban J connectivity index is 2.65. The molecule has 14 heavy (non-hydrogen) atoms. The predicted molar refractivity (Wildman–Crippen MR) is 58.5 cm³/mol. The third-order valence-electron chi connectivity index (χ3n) is 2.07. The van der Waals surface area contributed by atoms with E-state index >= 15 is 0 Å². The van der Waals surface area contributed by atoms with Gasteiger partial charge in [-0.25, -0.2) is 4.79 Å². The van der Waals surface area contributed by atoms with Crippen molar-refractivity contribution < 1.29 is 4.42 Å². The Morgan fingerprint density at radius 1 is 1.50 bits per heavy atom. The van der Waals surface area contributed by atoms with Gasteiger partial charge in [0.1, 0.15) is 0 Å². The van der Waals surface area contributed by atoms with Crippen LogP contribution >= 0.6 is 15.9 Å². The van der Waals surface area contributed by atoms with Crippen molar-refractivity contribution in [3.05, 3.63) is 32.7 Å². The van der Waals surface area contributed by atoms with Crippen LogP contribution in [0.5, 0.6) is 0 Å². The highest BCUT2D eigenvalue weighted by Crippen LogP contribution is 2.24. The molecular weight excluding hydrogens is 246 g/mol. The Hall–Kier alpha value is -1.03. The van der Waals surface area contributed by atoms with Gasteiger partial charge >= 0.3 is 5.76 Å². The Kier molecular flexibility index (Phi) is 2.46. The first-order valence-electron chi connectivity index (χ1n) is 4.52. The molecule has 0 amide bonds. The lowest BCUT2D eigenvalue weighted by molar-refractivity contribution is 0.554. The number of oxazole rings is 1. The van der Waals surface area contributed by atoms with Gasteiger partial charge in [0.15, 0.2) is 5.58 Å². The van der Waals surface area contributed by atoms with E-state index in [1.54, 1.807) is 0 Å². The summed E-state index contributed by atoms with van der Waals surface area (Å²) >= 11 is 3.38. The summed E-state index contributed by atoms with van der Waals surface area (Å²) in [5.41, 5.74) is 2.55. The highest BCUT2D eigenvalue weighted by Gasteiger charge is 2.06. The largest absolute Gasteiger partial charge is 0.417 e. The van der Waals surface area contributed by atoms with Crippen LogP contribution in [0.1, 0.15) is 18.9 Å². The maximum atomic E-state index is 11.0. The lowest BCUT2D eigenvalue weighted by Gasteiger charge is -1.99. The molecule has 0 bridgehead atoms. The number of benzene rings is 1. The molecule has 1 heterocycles. The van der Waals surface area contributed by atoms with E-state index in [0.29, 0.717) is 5.58 Å². The van der Waals surface area contributed by atoms with Gasteiger partial charge in [0.25, 0.3) is 0 Å². The predicted octanol–water partition coefficient (Wildman–Crippen LogP) is 2.84. The van der Waals surface area contributed by atoms with Crippen molar-refractivity contribution in [1.82, 2.24) is 4.98 Å². The van der Waals surface area contributed by atoms with Gasteiger partial charge in [0.05, 0.1) is 9.99 Å². The van der Waals surface area contributed by atoms with Crippen molar-refractivity contribution in [3.8, 4) is 0 Å².